The zero-order chi connectivity index (χ0) is 21.4. The molecule has 1 aliphatic heterocycles. The van der Waals surface area contributed by atoms with E-state index >= 15 is 0 Å². The predicted molar refractivity (Wildman–Crippen MR) is 118 cm³/mol. The zero-order valence-electron chi connectivity index (χ0n) is 17.7. The molecule has 1 fully saturated rings. The first-order valence-corrected chi connectivity index (χ1v) is 11.0. The number of nitrogens with one attached hydrogen (secondary N) is 1. The van der Waals surface area contributed by atoms with Crippen LogP contribution in [0.2, 0.25) is 0 Å². The molecule has 3 aromatic rings. The van der Waals surface area contributed by atoms with Crippen molar-refractivity contribution < 1.29 is 9.53 Å². The van der Waals surface area contributed by atoms with E-state index in [0.29, 0.717) is 6.04 Å². The maximum Gasteiger partial charge on any atom is 0.312 e. The van der Waals surface area contributed by atoms with Crippen molar-refractivity contribution in [1.82, 2.24) is 19.9 Å². The molecule has 5 rings (SSSR count). The number of amides is 2. The molecule has 0 spiro atoms. The van der Waals surface area contributed by atoms with Gasteiger partial charge in [0, 0.05) is 12.6 Å². The second kappa shape index (κ2) is 8.09. The van der Waals surface area contributed by atoms with Gasteiger partial charge in [0.25, 0.3) is 0 Å². The summed E-state index contributed by atoms with van der Waals surface area (Å²) in [5.41, 5.74) is 8.33. The van der Waals surface area contributed by atoms with Gasteiger partial charge in [-0.25, -0.2) is 4.79 Å². The number of pyridine rings is 1. The maximum absolute atomic E-state index is 11.4. The molecule has 0 saturated carbocycles. The largest absolute Gasteiger partial charge is 0.484 e. The molecular formula is C23H28N6O2. The van der Waals surface area contributed by atoms with E-state index in [0.717, 1.165) is 47.9 Å². The van der Waals surface area contributed by atoms with Gasteiger partial charge in [-0.1, -0.05) is 24.3 Å². The van der Waals surface area contributed by atoms with Gasteiger partial charge in [0.2, 0.25) is 5.95 Å². The molecule has 1 saturated heterocycles. The Hall–Kier alpha value is -3.29. The molecule has 31 heavy (non-hydrogen) atoms. The summed E-state index contributed by atoms with van der Waals surface area (Å²) in [5, 5.41) is 11.7. The minimum atomic E-state index is -0.503. The summed E-state index contributed by atoms with van der Waals surface area (Å²) in [4.78, 5) is 13.7. The van der Waals surface area contributed by atoms with E-state index in [4.69, 9.17) is 10.5 Å². The highest BCUT2D eigenvalue weighted by Gasteiger charge is 2.29. The van der Waals surface area contributed by atoms with Gasteiger partial charge in [-0.05, 0) is 62.3 Å². The summed E-state index contributed by atoms with van der Waals surface area (Å²) >= 11 is 0. The highest BCUT2D eigenvalue weighted by Crippen LogP contribution is 2.39. The van der Waals surface area contributed by atoms with Crippen LogP contribution >= 0.6 is 0 Å². The number of hydrogen-bond donors (Lipinski definition) is 2. The van der Waals surface area contributed by atoms with Crippen molar-refractivity contribution in [1.29, 1.82) is 0 Å². The molecule has 8 heteroatoms. The third-order valence-electron chi connectivity index (χ3n) is 6.45. The van der Waals surface area contributed by atoms with E-state index in [1.165, 1.54) is 19.3 Å². The first kappa shape index (κ1) is 19.7. The number of ether oxygens (including phenoxy) is 1. The number of carbonyl (C=O) groups is 1. The van der Waals surface area contributed by atoms with Crippen molar-refractivity contribution in [3.8, 4) is 5.75 Å². The van der Waals surface area contributed by atoms with Crippen LogP contribution in [0.25, 0.3) is 5.65 Å². The number of primary amides is 1. The second-order valence-electron chi connectivity index (χ2n) is 8.51. The van der Waals surface area contributed by atoms with Crippen LogP contribution in [0.5, 0.6) is 5.75 Å². The van der Waals surface area contributed by atoms with E-state index in [-0.39, 0.29) is 12.1 Å². The van der Waals surface area contributed by atoms with Gasteiger partial charge in [0.15, 0.2) is 5.65 Å². The van der Waals surface area contributed by atoms with Crippen molar-refractivity contribution in [2.24, 2.45) is 5.73 Å². The molecule has 0 radical (unpaired) electrons. The number of hydrogen-bond acceptors (Lipinski definition) is 5. The molecule has 3 N–H and O–H groups in total. The highest BCUT2D eigenvalue weighted by atomic mass is 16.5. The molecule has 3 atom stereocenters. The summed E-state index contributed by atoms with van der Waals surface area (Å²) in [6, 6.07) is 11.8. The number of nitrogens with zero attached hydrogens (tertiary/aromatic N) is 4. The molecule has 1 aliphatic carbocycles. The van der Waals surface area contributed by atoms with E-state index in [1.807, 2.05) is 40.9 Å². The molecule has 162 valence electrons. The highest BCUT2D eigenvalue weighted by molar-refractivity contribution is 5.72. The van der Waals surface area contributed by atoms with E-state index in [9.17, 15) is 4.79 Å². The first-order valence-electron chi connectivity index (χ1n) is 11.0. The van der Waals surface area contributed by atoms with Crippen LogP contribution in [0.4, 0.5) is 10.7 Å². The predicted octanol–water partition coefficient (Wildman–Crippen LogP) is 3.73. The van der Waals surface area contributed by atoms with Gasteiger partial charge in [-0.2, -0.15) is 0 Å². The van der Waals surface area contributed by atoms with Gasteiger partial charge in [-0.15, -0.1) is 10.2 Å². The van der Waals surface area contributed by atoms with Crippen LogP contribution in [0.3, 0.4) is 0 Å². The quantitative estimate of drug-likeness (QED) is 0.670. The average molecular weight is 421 g/mol. The number of carbonyl (C=O) groups excluding carboxylic acids is 1. The lowest BCUT2D eigenvalue weighted by Crippen LogP contribution is -2.38. The molecular weight excluding hydrogens is 392 g/mol. The van der Waals surface area contributed by atoms with Crippen molar-refractivity contribution in [2.75, 3.05) is 11.4 Å². The Morgan fingerprint density at radius 2 is 1.94 bits per heavy atom. The van der Waals surface area contributed by atoms with Crippen molar-refractivity contribution >= 4 is 17.6 Å². The maximum atomic E-state index is 11.4. The molecule has 2 aromatic heterocycles. The minimum Gasteiger partial charge on any atom is -0.484 e. The van der Waals surface area contributed by atoms with Gasteiger partial charge in [-0.3, -0.25) is 4.40 Å². The first-order chi connectivity index (χ1) is 15.1. The average Bonchev–Trinajstić information content (AvgIpc) is 3.18. The van der Waals surface area contributed by atoms with Crippen LogP contribution in [0, 0.1) is 0 Å². The fourth-order valence-electron chi connectivity index (χ4n) is 4.88. The Morgan fingerprint density at radius 3 is 2.74 bits per heavy atom. The number of urea groups is 1. The molecule has 0 bridgehead atoms. The SMILES string of the molecule is C[C@H]1CCCCN1c1nnc2ccc(OC3CCC(NC(N)=O)c4ccccc43)cn12. The summed E-state index contributed by atoms with van der Waals surface area (Å²) in [6.45, 7) is 3.24. The molecule has 2 unspecified atom stereocenters. The Morgan fingerprint density at radius 1 is 1.10 bits per heavy atom. The van der Waals surface area contributed by atoms with Gasteiger partial charge >= 0.3 is 6.03 Å². The third-order valence-corrected chi connectivity index (χ3v) is 6.45. The normalized spacial score (nSPS) is 23.4. The monoisotopic (exact) mass is 420 g/mol. The van der Waals surface area contributed by atoms with Crippen LogP contribution < -0.4 is 20.7 Å². The zero-order valence-corrected chi connectivity index (χ0v) is 17.7. The summed E-state index contributed by atoms with van der Waals surface area (Å²) < 4.78 is 8.47. The third kappa shape index (κ3) is 3.78. The van der Waals surface area contributed by atoms with Crippen molar-refractivity contribution in [3.05, 3.63) is 53.7 Å². The number of fused-ring (bicyclic) bond motifs is 2. The second-order valence-corrected chi connectivity index (χ2v) is 8.51. The van der Waals surface area contributed by atoms with Crippen LogP contribution in [-0.2, 0) is 0 Å². The number of benzene rings is 1. The standard InChI is InChI=1S/C23H28N6O2/c1-15-6-4-5-13-28(15)23-27-26-21-12-9-16(14-29(21)23)31-20-11-10-19(25-22(24)30)17-7-2-3-8-18(17)20/h2-3,7-9,12,14-15,19-20H,4-6,10-11,13H2,1H3,(H3,24,25,30)/t15-,19?,20?/m0/s1. The van der Waals surface area contributed by atoms with E-state index in [1.54, 1.807) is 0 Å². The number of piperidine rings is 1. The van der Waals surface area contributed by atoms with Gasteiger partial charge in [0.1, 0.15) is 11.9 Å². The fourth-order valence-corrected chi connectivity index (χ4v) is 4.88. The lowest BCUT2D eigenvalue weighted by atomic mass is 9.85. The lowest BCUT2D eigenvalue weighted by molar-refractivity contribution is 0.171. The topological polar surface area (TPSA) is 97.8 Å². The van der Waals surface area contributed by atoms with Gasteiger partial charge < -0.3 is 20.7 Å². The molecule has 2 amide bonds. The summed E-state index contributed by atoms with van der Waals surface area (Å²) in [5.74, 6) is 1.65. The minimum absolute atomic E-state index is 0.0823. The molecule has 2 aliphatic rings. The van der Waals surface area contributed by atoms with E-state index in [2.05, 4.69) is 33.4 Å². The van der Waals surface area contributed by atoms with Gasteiger partial charge in [0.05, 0.1) is 12.2 Å². The molecule has 8 nitrogen and oxygen atoms in total. The Balaban J connectivity index is 1.43. The number of rotatable bonds is 4. The number of anilines is 1. The summed E-state index contributed by atoms with van der Waals surface area (Å²) in [6.07, 6.45) is 7.07. The van der Waals surface area contributed by atoms with Crippen LogP contribution in [-0.4, -0.2) is 33.2 Å². The smallest absolute Gasteiger partial charge is 0.312 e. The van der Waals surface area contributed by atoms with E-state index < -0.39 is 6.03 Å². The van der Waals surface area contributed by atoms with Crippen LogP contribution in [0.1, 0.15) is 62.3 Å². The summed E-state index contributed by atoms with van der Waals surface area (Å²) in [7, 11) is 0. The Bertz CT molecular complexity index is 1100. The molecule has 1 aromatic carbocycles. The Kier molecular flexibility index (Phi) is 5.13. The van der Waals surface area contributed by atoms with Crippen molar-refractivity contribution in [3.63, 3.8) is 0 Å². The molecule has 3 heterocycles. The van der Waals surface area contributed by atoms with Crippen LogP contribution in [0.15, 0.2) is 42.6 Å². The fraction of sp³-hybridized carbons (Fsp3) is 0.435. The van der Waals surface area contributed by atoms with Crippen molar-refractivity contribution in [2.45, 2.75) is 57.2 Å². The lowest BCUT2D eigenvalue weighted by Gasteiger charge is -2.33. The Labute approximate surface area is 181 Å². The number of aromatic nitrogens is 3. The number of nitrogens with two attached hydrogens (primary N) is 1.